The summed E-state index contributed by atoms with van der Waals surface area (Å²) in [6.45, 7) is 4.35. The Kier molecular flexibility index (Phi) is 5.96. The smallest absolute Gasteiger partial charge is 0.165 e. The van der Waals surface area contributed by atoms with Crippen LogP contribution in [0.2, 0.25) is 0 Å². The average molecular weight is 282 g/mol. The topological polar surface area (TPSA) is 24.5 Å². The van der Waals surface area contributed by atoms with Gasteiger partial charge in [-0.25, -0.2) is 4.39 Å². The van der Waals surface area contributed by atoms with Crippen LogP contribution in [0.1, 0.15) is 38.3 Å². The average Bonchev–Trinajstić information content (AvgIpc) is 2.44. The van der Waals surface area contributed by atoms with E-state index in [9.17, 15) is 4.39 Å². The second kappa shape index (κ2) is 7.04. The third-order valence-electron chi connectivity index (χ3n) is 4.45. The summed E-state index contributed by atoms with van der Waals surface area (Å²) in [5, 5.41) is 3.36. The van der Waals surface area contributed by atoms with E-state index in [1.54, 1.807) is 12.1 Å². The van der Waals surface area contributed by atoms with Gasteiger partial charge in [-0.2, -0.15) is 0 Å². The predicted octanol–water partition coefficient (Wildman–Crippen LogP) is 3.22. The zero-order valence-corrected chi connectivity index (χ0v) is 13.5. The first kappa shape index (κ1) is 16.9. The highest BCUT2D eigenvalue weighted by molar-refractivity contribution is 5.32. The Morgan fingerprint density at radius 3 is 2.25 bits per heavy atom. The second-order valence-electron chi connectivity index (χ2n) is 5.32. The molecule has 0 aliphatic carbocycles. The van der Waals surface area contributed by atoms with Crippen LogP contribution in [-0.4, -0.2) is 38.7 Å². The zero-order valence-electron chi connectivity index (χ0n) is 13.5. The molecule has 3 nitrogen and oxygen atoms in total. The van der Waals surface area contributed by atoms with E-state index in [-0.39, 0.29) is 23.1 Å². The van der Waals surface area contributed by atoms with Crippen molar-refractivity contribution in [2.24, 2.45) is 0 Å². The van der Waals surface area contributed by atoms with Gasteiger partial charge in [0.25, 0.3) is 0 Å². The number of ether oxygens (including phenoxy) is 1. The molecular weight excluding hydrogens is 255 g/mol. The Bertz CT molecular complexity index is 430. The Balaban J connectivity index is 3.27. The molecule has 1 unspecified atom stereocenters. The highest BCUT2D eigenvalue weighted by Crippen LogP contribution is 2.36. The first-order chi connectivity index (χ1) is 9.46. The molecule has 1 atom stereocenters. The van der Waals surface area contributed by atoms with Crippen LogP contribution in [0, 0.1) is 5.82 Å². The molecule has 1 aromatic carbocycles. The summed E-state index contributed by atoms with van der Waals surface area (Å²) < 4.78 is 19.0. The molecular formula is C16H27FN2O. The molecule has 4 heteroatoms. The number of halogens is 1. The van der Waals surface area contributed by atoms with E-state index in [1.165, 1.54) is 7.11 Å². The van der Waals surface area contributed by atoms with Crippen LogP contribution < -0.4 is 10.1 Å². The number of likely N-dealkylation sites (N-methyl/N-ethyl adjacent to an activating group) is 2. The second-order valence-corrected chi connectivity index (χ2v) is 5.32. The standard InChI is InChI=1S/C16H27FN2O/c1-7-16(8-2,19(4)5)15(18-3)12-9-10-14(20-6)13(17)11-12/h9-11,15,18H,7-8H2,1-6H3. The number of hydrogen-bond donors (Lipinski definition) is 1. The van der Waals surface area contributed by atoms with Gasteiger partial charge in [-0.3, -0.25) is 0 Å². The van der Waals surface area contributed by atoms with Gasteiger partial charge in [-0.15, -0.1) is 0 Å². The van der Waals surface area contributed by atoms with E-state index >= 15 is 0 Å². The van der Waals surface area contributed by atoms with Crippen molar-refractivity contribution in [1.29, 1.82) is 0 Å². The largest absolute Gasteiger partial charge is 0.494 e. The molecule has 0 heterocycles. The van der Waals surface area contributed by atoms with E-state index in [0.717, 1.165) is 18.4 Å². The zero-order chi connectivity index (χ0) is 15.3. The van der Waals surface area contributed by atoms with Crippen molar-refractivity contribution in [3.05, 3.63) is 29.6 Å². The highest BCUT2D eigenvalue weighted by Gasteiger charge is 2.38. The lowest BCUT2D eigenvalue weighted by molar-refractivity contribution is 0.0916. The number of rotatable bonds is 7. The van der Waals surface area contributed by atoms with Gasteiger partial charge in [0.15, 0.2) is 11.6 Å². The molecule has 1 aromatic rings. The maximum atomic E-state index is 14.0. The molecule has 0 amide bonds. The van der Waals surface area contributed by atoms with Crippen molar-refractivity contribution < 1.29 is 9.13 Å². The first-order valence-corrected chi connectivity index (χ1v) is 7.14. The van der Waals surface area contributed by atoms with E-state index < -0.39 is 0 Å². The predicted molar refractivity (Wildman–Crippen MR) is 81.8 cm³/mol. The van der Waals surface area contributed by atoms with Crippen molar-refractivity contribution in [2.45, 2.75) is 38.3 Å². The Morgan fingerprint density at radius 1 is 1.30 bits per heavy atom. The fourth-order valence-electron chi connectivity index (χ4n) is 3.16. The van der Waals surface area contributed by atoms with Crippen LogP contribution in [0.25, 0.3) is 0 Å². The molecule has 0 aliphatic heterocycles. The van der Waals surface area contributed by atoms with E-state index in [0.29, 0.717) is 0 Å². The van der Waals surface area contributed by atoms with Gasteiger partial charge in [-0.05, 0) is 51.7 Å². The van der Waals surface area contributed by atoms with Crippen molar-refractivity contribution in [1.82, 2.24) is 10.2 Å². The summed E-state index contributed by atoms with van der Waals surface area (Å²) >= 11 is 0. The summed E-state index contributed by atoms with van der Waals surface area (Å²) in [5.41, 5.74) is 0.902. The lowest BCUT2D eigenvalue weighted by Gasteiger charge is -2.45. The van der Waals surface area contributed by atoms with Crippen LogP contribution in [0.4, 0.5) is 4.39 Å². The molecule has 1 N–H and O–H groups in total. The van der Waals surface area contributed by atoms with Crippen LogP contribution in [0.3, 0.4) is 0 Å². The van der Waals surface area contributed by atoms with E-state index in [1.807, 2.05) is 13.1 Å². The quantitative estimate of drug-likeness (QED) is 0.831. The summed E-state index contributed by atoms with van der Waals surface area (Å²) in [6, 6.07) is 5.27. The van der Waals surface area contributed by atoms with Crippen molar-refractivity contribution in [3.8, 4) is 5.75 Å². The third kappa shape index (κ3) is 2.96. The molecule has 0 radical (unpaired) electrons. The van der Waals surface area contributed by atoms with Crippen molar-refractivity contribution >= 4 is 0 Å². The van der Waals surface area contributed by atoms with Gasteiger partial charge in [0.05, 0.1) is 13.2 Å². The highest BCUT2D eigenvalue weighted by atomic mass is 19.1. The minimum atomic E-state index is -0.315. The van der Waals surface area contributed by atoms with Crippen molar-refractivity contribution in [2.75, 3.05) is 28.3 Å². The minimum absolute atomic E-state index is 0.0459. The normalized spacial score (nSPS) is 13.6. The maximum absolute atomic E-state index is 14.0. The fourth-order valence-corrected chi connectivity index (χ4v) is 3.16. The van der Waals surface area contributed by atoms with Gasteiger partial charge < -0.3 is 15.0 Å². The lowest BCUT2D eigenvalue weighted by atomic mass is 9.79. The van der Waals surface area contributed by atoms with Crippen LogP contribution in [0.5, 0.6) is 5.75 Å². The van der Waals surface area contributed by atoms with Crippen LogP contribution >= 0.6 is 0 Å². The number of nitrogens with zero attached hydrogens (tertiary/aromatic N) is 1. The summed E-state index contributed by atoms with van der Waals surface area (Å²) in [4.78, 5) is 2.23. The molecule has 114 valence electrons. The maximum Gasteiger partial charge on any atom is 0.165 e. The number of nitrogens with one attached hydrogen (secondary N) is 1. The molecule has 0 aromatic heterocycles. The molecule has 0 spiro atoms. The monoisotopic (exact) mass is 282 g/mol. The Hall–Kier alpha value is -1.13. The molecule has 20 heavy (non-hydrogen) atoms. The molecule has 0 aliphatic rings. The summed E-state index contributed by atoms with van der Waals surface area (Å²) in [5.74, 6) is -0.0304. The molecule has 1 rings (SSSR count). The van der Waals surface area contributed by atoms with Gasteiger partial charge in [0.2, 0.25) is 0 Å². The minimum Gasteiger partial charge on any atom is -0.494 e. The Labute approximate surface area is 122 Å². The van der Waals surface area contributed by atoms with E-state index in [2.05, 4.69) is 38.2 Å². The third-order valence-corrected chi connectivity index (χ3v) is 4.45. The van der Waals surface area contributed by atoms with Crippen LogP contribution in [0.15, 0.2) is 18.2 Å². The van der Waals surface area contributed by atoms with Gasteiger partial charge in [0, 0.05) is 5.54 Å². The Morgan fingerprint density at radius 2 is 1.90 bits per heavy atom. The van der Waals surface area contributed by atoms with Gasteiger partial charge >= 0.3 is 0 Å². The van der Waals surface area contributed by atoms with Gasteiger partial charge in [-0.1, -0.05) is 19.9 Å². The lowest BCUT2D eigenvalue weighted by Crippen LogP contribution is -2.52. The summed E-state index contributed by atoms with van der Waals surface area (Å²) in [6.07, 6.45) is 1.96. The van der Waals surface area contributed by atoms with E-state index in [4.69, 9.17) is 4.74 Å². The SMILES string of the molecule is CCC(CC)(C(NC)c1ccc(OC)c(F)c1)N(C)C. The first-order valence-electron chi connectivity index (χ1n) is 7.14. The number of hydrogen-bond acceptors (Lipinski definition) is 3. The van der Waals surface area contributed by atoms with Gasteiger partial charge in [0.1, 0.15) is 0 Å². The summed E-state index contributed by atoms with van der Waals surface area (Å²) in [7, 11) is 7.57. The van der Waals surface area contributed by atoms with Crippen LogP contribution in [-0.2, 0) is 0 Å². The van der Waals surface area contributed by atoms with Crippen molar-refractivity contribution in [3.63, 3.8) is 0 Å². The number of methoxy groups -OCH3 is 1. The fraction of sp³-hybridized carbons (Fsp3) is 0.625. The number of benzene rings is 1. The molecule has 0 fully saturated rings. The molecule has 0 saturated carbocycles. The molecule has 0 saturated heterocycles. The molecule has 0 bridgehead atoms.